The van der Waals surface area contributed by atoms with Crippen molar-refractivity contribution in [1.29, 1.82) is 0 Å². The lowest BCUT2D eigenvalue weighted by Crippen LogP contribution is -1.88. The number of hydrogen-bond acceptors (Lipinski definition) is 2. The molecule has 1 heterocycles. The Morgan fingerprint density at radius 3 is 1.82 bits per heavy atom. The molecular formula is C20H15NS. The fourth-order valence-electron chi connectivity index (χ4n) is 2.69. The van der Waals surface area contributed by atoms with E-state index in [0.29, 0.717) is 0 Å². The SMILES string of the molecule is c1ccc(CSc2c3ccccc3nc3ccccc23)cc1. The zero-order valence-electron chi connectivity index (χ0n) is 12.1. The first-order chi connectivity index (χ1) is 10.9. The number of fused-ring (bicyclic) bond motifs is 2. The van der Waals surface area contributed by atoms with E-state index >= 15 is 0 Å². The molecule has 0 atom stereocenters. The summed E-state index contributed by atoms with van der Waals surface area (Å²) in [5.41, 5.74) is 3.48. The van der Waals surface area contributed by atoms with Gasteiger partial charge in [-0.3, -0.25) is 0 Å². The molecule has 1 aromatic heterocycles. The van der Waals surface area contributed by atoms with Crippen LogP contribution in [0.1, 0.15) is 5.56 Å². The summed E-state index contributed by atoms with van der Waals surface area (Å²) in [6.45, 7) is 0. The minimum absolute atomic E-state index is 0.971. The topological polar surface area (TPSA) is 12.9 Å². The minimum atomic E-state index is 0.971. The van der Waals surface area contributed by atoms with Gasteiger partial charge in [0.2, 0.25) is 0 Å². The number of benzene rings is 3. The number of aromatic nitrogens is 1. The summed E-state index contributed by atoms with van der Waals surface area (Å²) in [5.74, 6) is 0.971. The minimum Gasteiger partial charge on any atom is -0.248 e. The maximum absolute atomic E-state index is 4.78. The summed E-state index contributed by atoms with van der Waals surface area (Å²) in [4.78, 5) is 6.10. The Balaban J connectivity index is 1.85. The van der Waals surface area contributed by atoms with Gasteiger partial charge >= 0.3 is 0 Å². The van der Waals surface area contributed by atoms with E-state index in [2.05, 4.69) is 78.9 Å². The first-order valence-corrected chi connectivity index (χ1v) is 8.34. The fraction of sp³-hybridized carbons (Fsp3) is 0.0500. The smallest absolute Gasteiger partial charge is 0.0721 e. The van der Waals surface area contributed by atoms with Crippen molar-refractivity contribution in [1.82, 2.24) is 4.98 Å². The van der Waals surface area contributed by atoms with Crippen molar-refractivity contribution in [3.8, 4) is 0 Å². The molecule has 0 saturated heterocycles. The van der Waals surface area contributed by atoms with Crippen LogP contribution in [0.2, 0.25) is 0 Å². The van der Waals surface area contributed by atoms with Gasteiger partial charge in [0.1, 0.15) is 0 Å². The van der Waals surface area contributed by atoms with Crippen molar-refractivity contribution in [2.24, 2.45) is 0 Å². The molecule has 0 N–H and O–H groups in total. The maximum atomic E-state index is 4.78. The maximum Gasteiger partial charge on any atom is 0.0721 e. The molecule has 4 rings (SSSR count). The van der Waals surface area contributed by atoms with E-state index in [9.17, 15) is 0 Å². The zero-order chi connectivity index (χ0) is 14.8. The van der Waals surface area contributed by atoms with E-state index in [1.807, 2.05) is 11.8 Å². The average Bonchev–Trinajstić information content (AvgIpc) is 2.59. The highest BCUT2D eigenvalue weighted by molar-refractivity contribution is 7.99. The molecule has 0 spiro atoms. The standard InChI is InChI=1S/C20H15NS/c1-2-8-15(9-3-1)14-22-20-16-10-4-6-12-18(16)21-19-13-7-5-11-17(19)20/h1-13H,14H2. The summed E-state index contributed by atoms with van der Waals surface area (Å²) in [5, 5.41) is 2.48. The number of hydrogen-bond donors (Lipinski definition) is 0. The van der Waals surface area contributed by atoms with Crippen LogP contribution in [0.15, 0.2) is 83.8 Å². The summed E-state index contributed by atoms with van der Waals surface area (Å²) < 4.78 is 0. The van der Waals surface area contributed by atoms with Crippen molar-refractivity contribution in [2.45, 2.75) is 10.6 Å². The fourth-order valence-corrected chi connectivity index (χ4v) is 3.85. The van der Waals surface area contributed by atoms with E-state index < -0.39 is 0 Å². The highest BCUT2D eigenvalue weighted by Gasteiger charge is 2.09. The molecule has 0 aliphatic heterocycles. The van der Waals surface area contributed by atoms with Crippen LogP contribution in [-0.2, 0) is 5.75 Å². The zero-order valence-corrected chi connectivity index (χ0v) is 12.9. The highest BCUT2D eigenvalue weighted by atomic mass is 32.2. The molecule has 0 radical (unpaired) electrons. The van der Waals surface area contributed by atoms with Gasteiger partial charge in [-0.15, -0.1) is 11.8 Å². The Labute approximate surface area is 134 Å². The Kier molecular flexibility index (Phi) is 3.53. The van der Waals surface area contributed by atoms with Crippen molar-refractivity contribution < 1.29 is 0 Å². The Hall–Kier alpha value is -2.32. The highest BCUT2D eigenvalue weighted by Crippen LogP contribution is 2.35. The predicted octanol–water partition coefficient (Wildman–Crippen LogP) is 5.68. The molecule has 0 amide bonds. The van der Waals surface area contributed by atoms with Crippen LogP contribution >= 0.6 is 11.8 Å². The molecule has 3 aromatic carbocycles. The van der Waals surface area contributed by atoms with Crippen LogP contribution in [-0.4, -0.2) is 4.98 Å². The largest absolute Gasteiger partial charge is 0.248 e. The molecule has 0 aliphatic carbocycles. The van der Waals surface area contributed by atoms with Crippen LogP contribution < -0.4 is 0 Å². The van der Waals surface area contributed by atoms with Gasteiger partial charge in [-0.2, -0.15) is 0 Å². The summed E-state index contributed by atoms with van der Waals surface area (Å²) in [7, 11) is 0. The Bertz CT molecular complexity index is 878. The summed E-state index contributed by atoms with van der Waals surface area (Å²) in [6, 6.07) is 27.4. The van der Waals surface area contributed by atoms with Gasteiger partial charge in [0, 0.05) is 21.4 Å². The van der Waals surface area contributed by atoms with E-state index in [4.69, 9.17) is 4.98 Å². The number of thioether (sulfide) groups is 1. The lowest BCUT2D eigenvalue weighted by Gasteiger charge is -2.10. The van der Waals surface area contributed by atoms with E-state index in [-0.39, 0.29) is 0 Å². The average molecular weight is 301 g/mol. The van der Waals surface area contributed by atoms with Crippen LogP contribution in [0.5, 0.6) is 0 Å². The third kappa shape index (κ3) is 2.46. The van der Waals surface area contributed by atoms with Crippen LogP contribution in [0.25, 0.3) is 21.8 Å². The molecule has 106 valence electrons. The van der Waals surface area contributed by atoms with E-state index in [1.165, 1.54) is 21.2 Å². The molecule has 22 heavy (non-hydrogen) atoms. The van der Waals surface area contributed by atoms with Crippen molar-refractivity contribution in [2.75, 3.05) is 0 Å². The second-order valence-corrected chi connectivity index (χ2v) is 6.24. The normalized spacial score (nSPS) is 11.1. The lowest BCUT2D eigenvalue weighted by atomic mass is 10.1. The van der Waals surface area contributed by atoms with Gasteiger partial charge in [0.15, 0.2) is 0 Å². The predicted molar refractivity (Wildman–Crippen MR) is 95.3 cm³/mol. The van der Waals surface area contributed by atoms with Gasteiger partial charge in [0.05, 0.1) is 11.0 Å². The summed E-state index contributed by atoms with van der Waals surface area (Å²) in [6.07, 6.45) is 0. The molecule has 0 unspecified atom stereocenters. The van der Waals surface area contributed by atoms with Gasteiger partial charge in [-0.05, 0) is 17.7 Å². The molecule has 0 bridgehead atoms. The van der Waals surface area contributed by atoms with Crippen LogP contribution in [0.3, 0.4) is 0 Å². The molecule has 0 saturated carbocycles. The first-order valence-electron chi connectivity index (χ1n) is 7.36. The molecule has 0 aliphatic rings. The van der Waals surface area contributed by atoms with E-state index in [0.717, 1.165) is 16.8 Å². The van der Waals surface area contributed by atoms with Crippen LogP contribution in [0, 0.1) is 0 Å². The molecule has 4 aromatic rings. The monoisotopic (exact) mass is 301 g/mol. The van der Waals surface area contributed by atoms with Crippen LogP contribution in [0.4, 0.5) is 0 Å². The molecular weight excluding hydrogens is 286 g/mol. The third-order valence-electron chi connectivity index (χ3n) is 3.76. The second kappa shape index (κ2) is 5.82. The first kappa shape index (κ1) is 13.4. The quantitative estimate of drug-likeness (QED) is 0.356. The van der Waals surface area contributed by atoms with Crippen molar-refractivity contribution in [3.63, 3.8) is 0 Å². The van der Waals surface area contributed by atoms with Gasteiger partial charge in [-0.25, -0.2) is 4.98 Å². The number of rotatable bonds is 3. The molecule has 0 fully saturated rings. The Morgan fingerprint density at radius 1 is 0.636 bits per heavy atom. The van der Waals surface area contributed by atoms with Crippen molar-refractivity contribution >= 4 is 33.6 Å². The lowest BCUT2D eigenvalue weighted by molar-refractivity contribution is 1.40. The second-order valence-electron chi connectivity index (χ2n) is 5.25. The number of pyridine rings is 1. The van der Waals surface area contributed by atoms with Gasteiger partial charge in [-0.1, -0.05) is 66.7 Å². The van der Waals surface area contributed by atoms with Gasteiger partial charge < -0.3 is 0 Å². The summed E-state index contributed by atoms with van der Waals surface area (Å²) >= 11 is 1.89. The number of nitrogens with zero attached hydrogens (tertiary/aromatic N) is 1. The molecule has 1 nitrogen and oxygen atoms in total. The van der Waals surface area contributed by atoms with E-state index in [1.54, 1.807) is 0 Å². The molecule has 2 heteroatoms. The Morgan fingerprint density at radius 2 is 1.18 bits per heavy atom. The third-order valence-corrected chi connectivity index (χ3v) is 4.97. The van der Waals surface area contributed by atoms with Gasteiger partial charge in [0.25, 0.3) is 0 Å². The number of para-hydroxylation sites is 2. The van der Waals surface area contributed by atoms with Crippen molar-refractivity contribution in [3.05, 3.63) is 84.4 Å².